The van der Waals surface area contributed by atoms with Gasteiger partial charge in [0, 0.05) is 0 Å². The second-order valence-electron chi connectivity index (χ2n) is 47.5. The van der Waals surface area contributed by atoms with E-state index in [1.165, 1.54) is 44.5 Å². The fraction of sp³-hybridized carbons (Fsp3) is 0.250. The number of rotatable bonds is 15. The minimum absolute atomic E-state index is 0.0511. The van der Waals surface area contributed by atoms with Crippen LogP contribution in [-0.2, 0) is 48.7 Å². The SMILES string of the molecule is CC(C)(C)c1ccc(-c2cc(-c3ccc(C(C)(C)C)cc3)cc(-c3cc(-c4cc(-c5ccc(C(C)(C)C)cc5)cc(-c5ccc(C(C)(C)C)cc5)c4)cc(C4(c5cc(-c6cc(-c7ccc(C(C)(C)C)cc7)cc(-c7ccc(C(C)(C)C)cc7)c6)cc(-c6cc(-c7ccc(C(C)(C)C)cc7)cc(-c7ccc(C(C)(C)C)cc7)c6)c5)c5cc6c(cc5-c5c(-c7ccccc7)cccc54)OCO6)c3)c2)cc1. The molecule has 690 valence electrons. The summed E-state index contributed by atoms with van der Waals surface area (Å²) in [5.41, 5.74) is 44.6. The van der Waals surface area contributed by atoms with E-state index in [2.05, 4.69) is 530 Å². The van der Waals surface area contributed by atoms with E-state index in [0.717, 1.165) is 184 Å². The number of hydrogen-bond acceptors (Lipinski definition) is 2. The Kier molecular flexibility index (Phi) is 23.7. The highest BCUT2D eigenvalue weighted by Gasteiger charge is 2.49. The molecule has 0 aromatic heterocycles. The van der Waals surface area contributed by atoms with Gasteiger partial charge < -0.3 is 9.47 Å². The van der Waals surface area contributed by atoms with Crippen LogP contribution in [0.25, 0.3) is 156 Å². The van der Waals surface area contributed by atoms with E-state index in [1.807, 2.05) is 0 Å². The summed E-state index contributed by atoms with van der Waals surface area (Å²) in [6, 6.07) is 143. The summed E-state index contributed by atoms with van der Waals surface area (Å²) in [5, 5.41) is 0. The summed E-state index contributed by atoms with van der Waals surface area (Å²) < 4.78 is 13.6. The van der Waals surface area contributed by atoms with Crippen LogP contribution in [0.2, 0.25) is 0 Å². The van der Waals surface area contributed by atoms with Gasteiger partial charge in [0.2, 0.25) is 6.79 Å². The van der Waals surface area contributed by atoms with Crippen LogP contribution in [0.5, 0.6) is 11.5 Å². The molecule has 0 amide bonds. The summed E-state index contributed by atoms with van der Waals surface area (Å²) in [6.45, 7) is 55.5. The summed E-state index contributed by atoms with van der Waals surface area (Å²) in [6.07, 6.45) is 0. The third-order valence-electron chi connectivity index (χ3n) is 29.2. The quantitative estimate of drug-likeness (QED) is 0.102. The molecule has 0 bridgehead atoms. The highest BCUT2D eigenvalue weighted by atomic mass is 16.7. The Hall–Kier alpha value is -13.7. The maximum absolute atomic E-state index is 6.90. The number of fused-ring (bicyclic) bond motifs is 4. The first-order valence-corrected chi connectivity index (χ1v) is 49.8. The van der Waals surface area contributed by atoms with Crippen LogP contribution in [0.3, 0.4) is 0 Å². The van der Waals surface area contributed by atoms with Gasteiger partial charge in [-0.25, -0.2) is 0 Å². The molecule has 2 nitrogen and oxygen atoms in total. The molecule has 2 aliphatic rings. The third kappa shape index (κ3) is 18.7. The highest BCUT2D eigenvalue weighted by molar-refractivity contribution is 5.99. The second kappa shape index (κ2) is 35.1. The first kappa shape index (κ1) is 93.4. The molecule has 0 saturated heterocycles. The van der Waals surface area contributed by atoms with Crippen molar-refractivity contribution < 1.29 is 9.47 Å². The first-order chi connectivity index (χ1) is 65.3. The molecule has 0 spiro atoms. The van der Waals surface area contributed by atoms with Crippen LogP contribution in [0, 0.1) is 0 Å². The molecule has 0 saturated carbocycles. The average Bonchev–Trinajstić information content (AvgIpc) is 1.51. The fourth-order valence-corrected chi connectivity index (χ4v) is 20.6. The van der Waals surface area contributed by atoms with Gasteiger partial charge in [0.25, 0.3) is 0 Å². The molecule has 17 aromatic rings. The van der Waals surface area contributed by atoms with Gasteiger partial charge in [-0.3, -0.25) is 0 Å². The molecule has 138 heavy (non-hydrogen) atoms. The molecule has 0 N–H and O–H groups in total. The van der Waals surface area contributed by atoms with Gasteiger partial charge in [0.05, 0.1) is 5.41 Å². The van der Waals surface area contributed by atoms with Gasteiger partial charge in [-0.2, -0.15) is 0 Å². The molecule has 0 fully saturated rings. The largest absolute Gasteiger partial charge is 0.454 e. The van der Waals surface area contributed by atoms with Crippen LogP contribution in [-0.4, -0.2) is 6.79 Å². The molecule has 1 aliphatic carbocycles. The van der Waals surface area contributed by atoms with E-state index >= 15 is 0 Å². The van der Waals surface area contributed by atoms with Crippen molar-refractivity contribution in [3.63, 3.8) is 0 Å². The second-order valence-corrected chi connectivity index (χ2v) is 47.5. The van der Waals surface area contributed by atoms with Crippen LogP contribution < -0.4 is 9.47 Å². The van der Waals surface area contributed by atoms with Crippen molar-refractivity contribution in [3.05, 3.63) is 431 Å². The zero-order valence-electron chi connectivity index (χ0n) is 85.7. The maximum Gasteiger partial charge on any atom is 0.231 e. The molecule has 2 heteroatoms. The zero-order valence-corrected chi connectivity index (χ0v) is 85.7. The van der Waals surface area contributed by atoms with Crippen LogP contribution >= 0.6 is 0 Å². The fourth-order valence-electron chi connectivity index (χ4n) is 20.6. The highest BCUT2D eigenvalue weighted by Crippen LogP contribution is 2.63. The third-order valence-corrected chi connectivity index (χ3v) is 29.2. The molecular formula is C136H134O2. The van der Waals surface area contributed by atoms with E-state index in [0.29, 0.717) is 5.75 Å². The van der Waals surface area contributed by atoms with Crippen molar-refractivity contribution in [2.24, 2.45) is 0 Å². The van der Waals surface area contributed by atoms with Crippen molar-refractivity contribution in [3.8, 4) is 167 Å². The Balaban J connectivity index is 0.989. The normalized spacial score (nSPS) is 13.4. The van der Waals surface area contributed by atoms with Gasteiger partial charge in [-0.05, 0) is 387 Å². The van der Waals surface area contributed by atoms with E-state index in [9.17, 15) is 0 Å². The molecule has 1 heterocycles. The van der Waals surface area contributed by atoms with E-state index in [1.54, 1.807) is 0 Å². The van der Waals surface area contributed by atoms with Crippen molar-refractivity contribution in [2.75, 3.05) is 6.79 Å². The molecule has 19 rings (SSSR count). The molecule has 0 atom stereocenters. The number of benzene rings is 17. The lowest BCUT2D eigenvalue weighted by Crippen LogP contribution is -2.29. The van der Waals surface area contributed by atoms with Gasteiger partial charge >= 0.3 is 0 Å². The number of ether oxygens (including phenoxy) is 2. The van der Waals surface area contributed by atoms with Gasteiger partial charge in [-0.1, -0.05) is 409 Å². The Morgan fingerprint density at radius 1 is 0.159 bits per heavy atom. The summed E-state index contributed by atoms with van der Waals surface area (Å²) in [4.78, 5) is 0. The standard InChI is InChI=1S/C136H134O2/c1-128(2,3)111-49-33-86(34-50-111)95-65-96(87-35-51-112(52-36-87)129(4,5)6)70-103(69-95)107-77-108(104-71-97(88-37-53-113(54-38-88)130(7,8)9)66-98(72-104)89-39-55-114(56-40-89)131(10,11)12)80-119(79-107)136(123-32-28-31-121(94-29-26-25-27-30-94)127(123)122-83-125-126(84-124(122)136)138-85-137-125)120-81-109(105-73-99(90-41-57-115(58-42-90)132(13,14)15)67-100(74-105)91-43-59-116(60-44-91)133(16,17)18)78-110(82-120)106-75-101(92-45-61-117(62-46-92)134(19,20)21)68-102(76-106)93-47-63-118(64-48-93)135(22,23)24/h25-84H,85H2,1-24H3. The molecule has 0 unspecified atom stereocenters. The molecule has 0 radical (unpaired) electrons. The molecule has 1 aliphatic heterocycles. The van der Waals surface area contributed by atoms with Gasteiger partial charge in [0.1, 0.15) is 0 Å². The summed E-state index contributed by atoms with van der Waals surface area (Å²) >= 11 is 0. The minimum atomic E-state index is -1.18. The van der Waals surface area contributed by atoms with Crippen molar-refractivity contribution in [1.82, 2.24) is 0 Å². The van der Waals surface area contributed by atoms with Crippen LogP contribution in [0.4, 0.5) is 0 Å². The maximum atomic E-state index is 6.90. The smallest absolute Gasteiger partial charge is 0.231 e. The van der Waals surface area contributed by atoms with E-state index in [4.69, 9.17) is 9.47 Å². The molecule has 17 aromatic carbocycles. The lowest BCUT2D eigenvalue weighted by atomic mass is 9.65. The first-order valence-electron chi connectivity index (χ1n) is 49.8. The summed E-state index contributed by atoms with van der Waals surface area (Å²) in [7, 11) is 0. The Bertz CT molecular complexity index is 6410. The predicted molar refractivity (Wildman–Crippen MR) is 590 cm³/mol. The predicted octanol–water partition coefficient (Wildman–Crippen LogP) is 37.8. The van der Waals surface area contributed by atoms with Gasteiger partial charge in [0.15, 0.2) is 11.5 Å². The average molecular weight is 1800 g/mol. The number of hydrogen-bond donors (Lipinski definition) is 0. The lowest BCUT2D eigenvalue weighted by molar-refractivity contribution is 0.174. The zero-order chi connectivity index (χ0) is 97.3. The molecular weight excluding hydrogens is 1670 g/mol. The monoisotopic (exact) mass is 1800 g/mol. The lowest BCUT2D eigenvalue weighted by Gasteiger charge is -2.36. The summed E-state index contributed by atoms with van der Waals surface area (Å²) in [5.74, 6) is 1.43. The Morgan fingerprint density at radius 3 is 0.565 bits per heavy atom. The van der Waals surface area contributed by atoms with Gasteiger partial charge in [-0.15, -0.1) is 0 Å². The Labute approximate surface area is 823 Å². The van der Waals surface area contributed by atoms with Crippen molar-refractivity contribution in [1.29, 1.82) is 0 Å². The minimum Gasteiger partial charge on any atom is -0.454 e. The topological polar surface area (TPSA) is 18.5 Å². The van der Waals surface area contributed by atoms with Crippen LogP contribution in [0.15, 0.2) is 364 Å². The van der Waals surface area contributed by atoms with E-state index < -0.39 is 5.41 Å². The van der Waals surface area contributed by atoms with Crippen LogP contribution in [0.1, 0.15) is 233 Å². The van der Waals surface area contributed by atoms with Crippen molar-refractivity contribution in [2.45, 2.75) is 215 Å². The van der Waals surface area contributed by atoms with E-state index in [-0.39, 0.29) is 50.1 Å². The Morgan fingerprint density at radius 2 is 0.355 bits per heavy atom. The van der Waals surface area contributed by atoms with Crippen molar-refractivity contribution >= 4 is 0 Å².